The van der Waals surface area contributed by atoms with Crippen molar-refractivity contribution in [3.05, 3.63) is 82.4 Å². The molecule has 0 unspecified atom stereocenters. The first-order valence-corrected chi connectivity index (χ1v) is 8.02. The first-order valence-electron chi connectivity index (χ1n) is 8.02. The molecule has 0 heterocycles. The molecule has 27 heavy (non-hydrogen) atoms. The number of para-hydroxylation sites is 1. The van der Waals surface area contributed by atoms with Gasteiger partial charge in [0.2, 0.25) is 5.78 Å². The number of phenolic OH excluding ortho intramolecular Hbond substituents is 4. The second-order valence-corrected chi connectivity index (χ2v) is 6.09. The van der Waals surface area contributed by atoms with Crippen LogP contribution in [0.5, 0.6) is 23.0 Å². The summed E-state index contributed by atoms with van der Waals surface area (Å²) in [4.78, 5) is 24.7. The van der Waals surface area contributed by atoms with Crippen molar-refractivity contribution >= 4 is 11.6 Å². The number of hydrogen-bond donors (Lipinski definition) is 4. The first kappa shape index (κ1) is 18.0. The van der Waals surface area contributed by atoms with E-state index in [1.807, 2.05) is 6.07 Å². The van der Waals surface area contributed by atoms with Crippen LogP contribution in [0.1, 0.15) is 37.4 Å². The van der Waals surface area contributed by atoms with Crippen molar-refractivity contribution in [3.63, 3.8) is 0 Å². The highest BCUT2D eigenvalue weighted by molar-refractivity contribution is 6.30. The minimum atomic E-state index is -0.635. The Hall–Kier alpha value is -3.80. The lowest BCUT2D eigenvalue weighted by atomic mass is 9.82. The van der Waals surface area contributed by atoms with Crippen LogP contribution >= 0.6 is 0 Å². The summed E-state index contributed by atoms with van der Waals surface area (Å²) >= 11 is 0. The third kappa shape index (κ3) is 3.32. The lowest BCUT2D eigenvalue weighted by molar-refractivity contribution is 0.0974. The van der Waals surface area contributed by atoms with Gasteiger partial charge in [0.15, 0.2) is 5.78 Å². The van der Waals surface area contributed by atoms with E-state index in [0.29, 0.717) is 11.3 Å². The van der Waals surface area contributed by atoms with Gasteiger partial charge in [-0.1, -0.05) is 18.2 Å². The highest BCUT2D eigenvalue weighted by Gasteiger charge is 2.34. The Labute approximate surface area is 154 Å². The second-order valence-electron chi connectivity index (χ2n) is 6.09. The lowest BCUT2D eigenvalue weighted by Gasteiger charge is -2.19. The summed E-state index contributed by atoms with van der Waals surface area (Å²) in [6.07, 6.45) is 0. The number of rotatable bonds is 0. The van der Waals surface area contributed by atoms with E-state index in [2.05, 4.69) is 0 Å². The zero-order chi connectivity index (χ0) is 19.7. The van der Waals surface area contributed by atoms with E-state index in [-0.39, 0.29) is 33.8 Å². The van der Waals surface area contributed by atoms with E-state index in [0.717, 1.165) is 12.1 Å². The van der Waals surface area contributed by atoms with E-state index in [4.69, 9.17) is 5.11 Å². The topological polar surface area (TPSA) is 115 Å². The van der Waals surface area contributed by atoms with Gasteiger partial charge in [-0.2, -0.15) is 0 Å². The number of benzene rings is 3. The van der Waals surface area contributed by atoms with Gasteiger partial charge >= 0.3 is 0 Å². The van der Waals surface area contributed by atoms with Crippen molar-refractivity contribution < 1.29 is 30.0 Å². The largest absolute Gasteiger partial charge is 0.508 e. The van der Waals surface area contributed by atoms with E-state index in [9.17, 15) is 24.9 Å². The number of carbonyl (C=O) groups is 2. The van der Waals surface area contributed by atoms with E-state index >= 15 is 0 Å². The molecule has 136 valence electrons. The smallest absolute Gasteiger partial charge is 0.201 e. The molecule has 3 aromatic carbocycles. The van der Waals surface area contributed by atoms with Crippen LogP contribution in [-0.2, 0) is 0 Å². The molecule has 6 nitrogen and oxygen atoms in total. The minimum absolute atomic E-state index is 0.0648. The number of carbonyl (C=O) groups excluding carboxylic acids is 2. The van der Waals surface area contributed by atoms with Gasteiger partial charge in [-0.25, -0.2) is 0 Å². The Morgan fingerprint density at radius 1 is 0.630 bits per heavy atom. The van der Waals surface area contributed by atoms with Crippen LogP contribution < -0.4 is 0 Å². The predicted octanol–water partition coefficient (Wildman–Crippen LogP) is 3.28. The summed E-state index contributed by atoms with van der Waals surface area (Å²) < 4.78 is 0. The molecule has 1 aliphatic carbocycles. The molecule has 1 aliphatic rings. The molecule has 0 saturated carbocycles. The summed E-state index contributed by atoms with van der Waals surface area (Å²) in [5, 5.41) is 37.8. The molecule has 0 aliphatic heterocycles. The quantitative estimate of drug-likeness (QED) is 0.381. The van der Waals surface area contributed by atoms with Gasteiger partial charge in [-0.05, 0) is 42.8 Å². The van der Waals surface area contributed by atoms with Gasteiger partial charge in [0.1, 0.15) is 23.0 Å². The Kier molecular flexibility index (Phi) is 4.56. The molecular weight excluding hydrogens is 348 g/mol. The van der Waals surface area contributed by atoms with Crippen molar-refractivity contribution in [3.8, 4) is 23.0 Å². The summed E-state index contributed by atoms with van der Waals surface area (Å²) in [6.45, 7) is 1.69. The van der Waals surface area contributed by atoms with Crippen LogP contribution in [0.4, 0.5) is 0 Å². The summed E-state index contributed by atoms with van der Waals surface area (Å²) in [5.74, 6) is -1.91. The SMILES string of the molecule is Cc1cc(O)c2c(c1)C(=O)c1cc(O)cc(O)c1C2=O.Oc1ccccc1. The summed E-state index contributed by atoms with van der Waals surface area (Å²) in [7, 11) is 0. The Morgan fingerprint density at radius 2 is 1.19 bits per heavy atom. The third-order valence-corrected chi connectivity index (χ3v) is 4.06. The number of phenols is 4. The standard InChI is InChI=1S/C15H10O5.C6H6O/c1-6-2-8-12(10(17)3-6)15(20)13-9(14(8)19)4-7(16)5-11(13)18;7-6-4-2-1-3-5-6/h2-5,16-18H,1H3;1-5,7H. The summed E-state index contributed by atoms with van der Waals surface area (Å²) in [6, 6.07) is 13.7. The maximum absolute atomic E-state index is 12.4. The molecule has 0 saturated heterocycles. The highest BCUT2D eigenvalue weighted by atomic mass is 16.3. The average molecular weight is 364 g/mol. The molecule has 0 aromatic heterocycles. The molecule has 4 N–H and O–H groups in total. The number of fused-ring (bicyclic) bond motifs is 2. The zero-order valence-corrected chi connectivity index (χ0v) is 14.3. The van der Waals surface area contributed by atoms with Crippen molar-refractivity contribution in [2.75, 3.05) is 0 Å². The van der Waals surface area contributed by atoms with Crippen LogP contribution in [0.15, 0.2) is 54.6 Å². The van der Waals surface area contributed by atoms with Gasteiger partial charge in [0.25, 0.3) is 0 Å². The molecule has 0 radical (unpaired) electrons. The van der Waals surface area contributed by atoms with Crippen molar-refractivity contribution in [1.29, 1.82) is 0 Å². The Balaban J connectivity index is 0.000000253. The molecule has 6 heteroatoms. The summed E-state index contributed by atoms with van der Waals surface area (Å²) in [5.41, 5.74) is 0.332. The third-order valence-electron chi connectivity index (χ3n) is 4.06. The molecular formula is C21H16O6. The van der Waals surface area contributed by atoms with Gasteiger partial charge in [0.05, 0.1) is 11.1 Å². The van der Waals surface area contributed by atoms with Crippen LogP contribution in [0.25, 0.3) is 0 Å². The maximum atomic E-state index is 12.4. The van der Waals surface area contributed by atoms with Gasteiger partial charge in [-0.3, -0.25) is 9.59 Å². The number of aryl methyl sites for hydroxylation is 1. The normalized spacial score (nSPS) is 11.9. The number of aromatic hydroxyl groups is 4. The van der Waals surface area contributed by atoms with E-state index in [1.165, 1.54) is 12.1 Å². The monoisotopic (exact) mass is 364 g/mol. The molecule has 4 rings (SSSR count). The molecule has 0 spiro atoms. The maximum Gasteiger partial charge on any atom is 0.201 e. The van der Waals surface area contributed by atoms with Crippen molar-refractivity contribution in [2.24, 2.45) is 0 Å². The van der Waals surface area contributed by atoms with E-state index < -0.39 is 17.3 Å². The van der Waals surface area contributed by atoms with Gasteiger partial charge < -0.3 is 20.4 Å². The molecule has 0 atom stereocenters. The van der Waals surface area contributed by atoms with Crippen LogP contribution in [0, 0.1) is 6.92 Å². The fraction of sp³-hybridized carbons (Fsp3) is 0.0476. The molecule has 0 fully saturated rings. The first-order chi connectivity index (χ1) is 12.8. The Morgan fingerprint density at radius 3 is 1.74 bits per heavy atom. The number of hydrogen-bond acceptors (Lipinski definition) is 6. The predicted molar refractivity (Wildman–Crippen MR) is 97.6 cm³/mol. The fourth-order valence-corrected chi connectivity index (χ4v) is 2.91. The van der Waals surface area contributed by atoms with Crippen molar-refractivity contribution in [2.45, 2.75) is 6.92 Å². The van der Waals surface area contributed by atoms with Gasteiger partial charge in [-0.15, -0.1) is 0 Å². The van der Waals surface area contributed by atoms with Crippen LogP contribution in [0.2, 0.25) is 0 Å². The second kappa shape index (κ2) is 6.84. The lowest BCUT2D eigenvalue weighted by Crippen LogP contribution is -2.21. The fourth-order valence-electron chi connectivity index (χ4n) is 2.91. The molecule has 0 amide bonds. The van der Waals surface area contributed by atoms with Crippen LogP contribution in [0.3, 0.4) is 0 Å². The van der Waals surface area contributed by atoms with Gasteiger partial charge in [0, 0.05) is 17.2 Å². The Bertz CT molecular complexity index is 991. The highest BCUT2D eigenvalue weighted by Crippen LogP contribution is 2.38. The number of ketones is 2. The van der Waals surface area contributed by atoms with Crippen molar-refractivity contribution in [1.82, 2.24) is 0 Å². The average Bonchev–Trinajstić information content (AvgIpc) is 2.59. The zero-order valence-electron chi connectivity index (χ0n) is 14.3. The molecule has 3 aromatic rings. The molecule has 0 bridgehead atoms. The minimum Gasteiger partial charge on any atom is -0.508 e. The van der Waals surface area contributed by atoms with Crippen LogP contribution in [-0.4, -0.2) is 32.0 Å². The van der Waals surface area contributed by atoms with E-state index in [1.54, 1.807) is 31.2 Å².